The second kappa shape index (κ2) is 7.88. The standard InChI is InChI=1S/C11H15NO4S3/c1-2-9(13)10(19(14,15)16)6-8-17-18-11-5-3-4-7-12-11/h3-5,7,10H,2,6,8H2,1H3,(H,14,15,16). The molecule has 106 valence electrons. The number of ketones is 1. The number of rotatable bonds is 8. The number of pyridine rings is 1. The Bertz CT molecular complexity index is 504. The molecule has 19 heavy (non-hydrogen) atoms. The molecule has 0 saturated carbocycles. The maximum absolute atomic E-state index is 11.5. The van der Waals surface area contributed by atoms with Crippen LogP contribution in [0.25, 0.3) is 0 Å². The summed E-state index contributed by atoms with van der Waals surface area (Å²) in [6.07, 6.45) is 1.88. The quantitative estimate of drug-likeness (QED) is 0.447. The van der Waals surface area contributed by atoms with E-state index >= 15 is 0 Å². The molecule has 1 aromatic heterocycles. The van der Waals surface area contributed by atoms with E-state index in [2.05, 4.69) is 4.98 Å². The van der Waals surface area contributed by atoms with Crippen molar-refractivity contribution >= 4 is 37.5 Å². The Balaban J connectivity index is 2.43. The van der Waals surface area contributed by atoms with Crippen LogP contribution in [0.1, 0.15) is 19.8 Å². The largest absolute Gasteiger partial charge is 0.298 e. The molecule has 0 aromatic carbocycles. The van der Waals surface area contributed by atoms with Crippen LogP contribution in [0.4, 0.5) is 0 Å². The first-order valence-electron chi connectivity index (χ1n) is 5.64. The van der Waals surface area contributed by atoms with Gasteiger partial charge in [0.25, 0.3) is 10.1 Å². The van der Waals surface area contributed by atoms with Gasteiger partial charge >= 0.3 is 0 Å². The van der Waals surface area contributed by atoms with Crippen LogP contribution >= 0.6 is 21.6 Å². The number of carbonyl (C=O) groups excluding carboxylic acids is 1. The summed E-state index contributed by atoms with van der Waals surface area (Å²) in [5.41, 5.74) is 0. The number of hydrogen-bond acceptors (Lipinski definition) is 6. The number of hydrogen-bond donors (Lipinski definition) is 1. The van der Waals surface area contributed by atoms with E-state index < -0.39 is 21.2 Å². The van der Waals surface area contributed by atoms with Gasteiger partial charge in [-0.1, -0.05) is 23.8 Å². The van der Waals surface area contributed by atoms with Crippen LogP contribution in [0.15, 0.2) is 29.4 Å². The Morgan fingerprint density at radius 2 is 2.21 bits per heavy atom. The SMILES string of the molecule is CCC(=O)C(CCSSc1ccccn1)S(=O)(=O)O. The number of aromatic nitrogens is 1. The average molecular weight is 321 g/mol. The zero-order chi connectivity index (χ0) is 14.3. The van der Waals surface area contributed by atoms with Gasteiger partial charge in [0.1, 0.15) is 10.3 Å². The number of Topliss-reactive ketones (excluding diaryl/α,β-unsaturated/α-hetero) is 1. The van der Waals surface area contributed by atoms with E-state index in [0.717, 1.165) is 5.03 Å². The third-order valence-corrected chi connectivity index (χ3v) is 5.83. The maximum atomic E-state index is 11.5. The molecule has 0 bridgehead atoms. The highest BCUT2D eigenvalue weighted by Gasteiger charge is 2.28. The summed E-state index contributed by atoms with van der Waals surface area (Å²) < 4.78 is 31.2. The molecule has 1 rings (SSSR count). The Hall–Kier alpha value is -0.570. The van der Waals surface area contributed by atoms with Crippen molar-refractivity contribution in [2.45, 2.75) is 30.0 Å². The number of carbonyl (C=O) groups is 1. The second-order valence-electron chi connectivity index (χ2n) is 3.69. The molecule has 0 fully saturated rings. The van der Waals surface area contributed by atoms with Gasteiger partial charge in [-0.25, -0.2) is 4.98 Å². The molecular formula is C11H15NO4S3. The second-order valence-corrected chi connectivity index (χ2v) is 7.72. The molecule has 0 aliphatic heterocycles. The minimum Gasteiger partial charge on any atom is -0.298 e. The molecule has 1 N–H and O–H groups in total. The fraction of sp³-hybridized carbons (Fsp3) is 0.455. The summed E-state index contributed by atoms with van der Waals surface area (Å²) in [5, 5.41) is -0.493. The first-order valence-corrected chi connectivity index (χ1v) is 9.47. The summed E-state index contributed by atoms with van der Waals surface area (Å²) in [7, 11) is -1.49. The molecule has 0 aliphatic carbocycles. The Kier molecular flexibility index (Phi) is 6.84. The van der Waals surface area contributed by atoms with E-state index in [9.17, 15) is 13.2 Å². The summed E-state index contributed by atoms with van der Waals surface area (Å²) >= 11 is 0. The van der Waals surface area contributed by atoms with Crippen molar-refractivity contribution in [3.8, 4) is 0 Å². The van der Waals surface area contributed by atoms with Crippen molar-refractivity contribution in [1.29, 1.82) is 0 Å². The maximum Gasteiger partial charge on any atom is 0.275 e. The van der Waals surface area contributed by atoms with Gasteiger partial charge in [-0.3, -0.25) is 9.35 Å². The molecule has 0 saturated heterocycles. The fourth-order valence-electron chi connectivity index (χ4n) is 1.36. The molecule has 1 atom stereocenters. The van der Waals surface area contributed by atoms with Gasteiger partial charge in [0.2, 0.25) is 0 Å². The van der Waals surface area contributed by atoms with Crippen molar-refractivity contribution in [3.05, 3.63) is 24.4 Å². The molecule has 1 unspecified atom stereocenters. The predicted octanol–water partition coefficient (Wildman–Crippen LogP) is 2.45. The van der Waals surface area contributed by atoms with E-state index in [1.807, 2.05) is 18.2 Å². The van der Waals surface area contributed by atoms with Crippen molar-refractivity contribution < 1.29 is 17.8 Å². The van der Waals surface area contributed by atoms with Crippen LogP contribution in [-0.2, 0) is 14.9 Å². The van der Waals surface area contributed by atoms with Gasteiger partial charge in [-0.15, -0.1) is 0 Å². The zero-order valence-electron chi connectivity index (χ0n) is 10.4. The minimum absolute atomic E-state index is 0.0997. The lowest BCUT2D eigenvalue weighted by Gasteiger charge is -2.10. The lowest BCUT2D eigenvalue weighted by atomic mass is 10.2. The molecule has 0 radical (unpaired) electrons. The lowest BCUT2D eigenvalue weighted by Crippen LogP contribution is -2.30. The molecule has 0 amide bonds. The van der Waals surface area contributed by atoms with Crippen molar-refractivity contribution in [2.24, 2.45) is 0 Å². The van der Waals surface area contributed by atoms with Crippen molar-refractivity contribution in [2.75, 3.05) is 5.75 Å². The first kappa shape index (κ1) is 16.5. The molecule has 5 nitrogen and oxygen atoms in total. The molecule has 0 aliphatic rings. The van der Waals surface area contributed by atoms with Gasteiger partial charge < -0.3 is 0 Å². The lowest BCUT2D eigenvalue weighted by molar-refractivity contribution is -0.118. The monoisotopic (exact) mass is 321 g/mol. The molecule has 0 spiro atoms. The molecule has 8 heteroatoms. The Morgan fingerprint density at radius 3 is 2.74 bits per heavy atom. The van der Waals surface area contributed by atoms with Crippen LogP contribution in [-0.4, -0.2) is 34.7 Å². The van der Waals surface area contributed by atoms with Gasteiger partial charge in [0.05, 0.1) is 0 Å². The third-order valence-electron chi connectivity index (χ3n) is 2.31. The smallest absolute Gasteiger partial charge is 0.275 e. The van der Waals surface area contributed by atoms with Crippen LogP contribution in [0.5, 0.6) is 0 Å². The summed E-state index contributed by atoms with van der Waals surface area (Å²) in [4.78, 5) is 15.6. The van der Waals surface area contributed by atoms with E-state index in [1.54, 1.807) is 13.1 Å². The Morgan fingerprint density at radius 1 is 1.47 bits per heavy atom. The number of nitrogens with zero attached hydrogens (tertiary/aromatic N) is 1. The van der Waals surface area contributed by atoms with Gasteiger partial charge in [0, 0.05) is 18.4 Å². The summed E-state index contributed by atoms with van der Waals surface area (Å²) in [6.45, 7) is 1.58. The highest BCUT2D eigenvalue weighted by Crippen LogP contribution is 2.30. The third kappa shape index (κ3) is 5.94. The molecule has 1 heterocycles. The highest BCUT2D eigenvalue weighted by molar-refractivity contribution is 8.76. The van der Waals surface area contributed by atoms with Crippen LogP contribution in [0.3, 0.4) is 0 Å². The zero-order valence-corrected chi connectivity index (χ0v) is 12.8. The predicted molar refractivity (Wildman–Crippen MR) is 77.8 cm³/mol. The molecule has 1 aromatic rings. The minimum atomic E-state index is -4.31. The Labute approximate surface area is 120 Å². The van der Waals surface area contributed by atoms with E-state index in [4.69, 9.17) is 4.55 Å². The van der Waals surface area contributed by atoms with E-state index in [-0.39, 0.29) is 12.8 Å². The molecular weight excluding hydrogens is 306 g/mol. The normalized spacial score (nSPS) is 13.2. The van der Waals surface area contributed by atoms with Crippen molar-refractivity contribution in [1.82, 2.24) is 4.98 Å². The van der Waals surface area contributed by atoms with E-state index in [1.165, 1.54) is 21.6 Å². The van der Waals surface area contributed by atoms with Crippen LogP contribution < -0.4 is 0 Å². The van der Waals surface area contributed by atoms with Crippen molar-refractivity contribution in [3.63, 3.8) is 0 Å². The van der Waals surface area contributed by atoms with Gasteiger partial charge in [0.15, 0.2) is 5.78 Å². The van der Waals surface area contributed by atoms with E-state index in [0.29, 0.717) is 5.75 Å². The van der Waals surface area contributed by atoms with Gasteiger partial charge in [-0.05, 0) is 29.3 Å². The summed E-state index contributed by atoms with van der Waals surface area (Å²) in [6, 6.07) is 5.51. The van der Waals surface area contributed by atoms with Gasteiger partial charge in [-0.2, -0.15) is 8.42 Å². The van der Waals surface area contributed by atoms with Crippen LogP contribution in [0, 0.1) is 0 Å². The summed E-state index contributed by atoms with van der Waals surface area (Å²) in [5.74, 6) is -0.0109. The first-order chi connectivity index (χ1) is 8.95. The average Bonchev–Trinajstić information content (AvgIpc) is 2.37. The highest BCUT2D eigenvalue weighted by atomic mass is 33.1. The fourth-order valence-corrected chi connectivity index (χ4v) is 4.39. The topological polar surface area (TPSA) is 84.3 Å². The van der Waals surface area contributed by atoms with Crippen LogP contribution in [0.2, 0.25) is 0 Å².